The third-order valence-corrected chi connectivity index (χ3v) is 3.41. The summed E-state index contributed by atoms with van der Waals surface area (Å²) in [5.41, 5.74) is -0.282. The second kappa shape index (κ2) is 5.46. The molecule has 0 aromatic heterocycles. The van der Waals surface area contributed by atoms with Gasteiger partial charge in [-0.2, -0.15) is 0 Å². The van der Waals surface area contributed by atoms with Gasteiger partial charge in [0.1, 0.15) is 0 Å². The van der Waals surface area contributed by atoms with Crippen LogP contribution >= 0.6 is 0 Å². The van der Waals surface area contributed by atoms with Crippen LogP contribution in [0.2, 0.25) is 0 Å². The summed E-state index contributed by atoms with van der Waals surface area (Å²) in [6.45, 7) is 5.87. The first-order valence-corrected chi connectivity index (χ1v) is 6.50. The number of Topliss-reactive ketones (excluding diaryl/α,β-unsaturated/α-hetero) is 1. The molecule has 0 bridgehead atoms. The second-order valence-electron chi connectivity index (χ2n) is 4.51. The SMILES string of the molecule is C=CCNC1(C(=O)OCC)C(=O)c2ccccc2N1C. The van der Waals surface area contributed by atoms with Gasteiger partial charge < -0.3 is 9.64 Å². The van der Waals surface area contributed by atoms with E-state index in [2.05, 4.69) is 11.9 Å². The van der Waals surface area contributed by atoms with Crippen LogP contribution in [0, 0.1) is 0 Å². The first kappa shape index (κ1) is 14.3. The van der Waals surface area contributed by atoms with Crippen LogP contribution in [0.3, 0.4) is 0 Å². The number of anilines is 1. The van der Waals surface area contributed by atoms with Gasteiger partial charge in [0.15, 0.2) is 0 Å². The lowest BCUT2D eigenvalue weighted by atomic mass is 10.0. The topological polar surface area (TPSA) is 58.6 Å². The van der Waals surface area contributed by atoms with Crippen molar-refractivity contribution < 1.29 is 14.3 Å². The normalized spacial score (nSPS) is 20.7. The maximum absolute atomic E-state index is 12.7. The number of hydrogen-bond donors (Lipinski definition) is 1. The van der Waals surface area contributed by atoms with E-state index in [4.69, 9.17) is 4.74 Å². The van der Waals surface area contributed by atoms with Crippen LogP contribution in [0.5, 0.6) is 0 Å². The molecule has 1 unspecified atom stereocenters. The molecule has 0 aliphatic carbocycles. The Morgan fingerprint density at radius 2 is 2.20 bits per heavy atom. The standard InChI is InChI=1S/C15H18N2O3/c1-4-10-16-15(14(19)20-5-2)13(18)11-8-6-7-9-12(11)17(15)3/h4,6-9,16H,1,5,10H2,2-3H3. The summed E-state index contributed by atoms with van der Waals surface area (Å²) in [5.74, 6) is -0.888. The van der Waals surface area contributed by atoms with E-state index >= 15 is 0 Å². The minimum Gasteiger partial charge on any atom is -0.463 e. The van der Waals surface area contributed by atoms with Gasteiger partial charge in [0.25, 0.3) is 5.66 Å². The summed E-state index contributed by atoms with van der Waals surface area (Å²) < 4.78 is 5.10. The summed E-state index contributed by atoms with van der Waals surface area (Å²) in [4.78, 5) is 26.7. The minimum atomic E-state index is -1.51. The van der Waals surface area contributed by atoms with Crippen LogP contribution in [0.1, 0.15) is 17.3 Å². The van der Waals surface area contributed by atoms with Gasteiger partial charge in [-0.1, -0.05) is 18.2 Å². The van der Waals surface area contributed by atoms with Gasteiger partial charge in [-0.05, 0) is 19.1 Å². The summed E-state index contributed by atoms with van der Waals surface area (Å²) in [6, 6.07) is 7.13. The Labute approximate surface area is 118 Å². The second-order valence-corrected chi connectivity index (χ2v) is 4.51. The third-order valence-electron chi connectivity index (χ3n) is 3.41. The number of carbonyl (C=O) groups is 2. The van der Waals surface area contributed by atoms with Crippen molar-refractivity contribution in [2.75, 3.05) is 25.1 Å². The fourth-order valence-corrected chi connectivity index (χ4v) is 2.44. The molecule has 20 heavy (non-hydrogen) atoms. The molecule has 106 valence electrons. The number of fused-ring (bicyclic) bond motifs is 1. The van der Waals surface area contributed by atoms with Gasteiger partial charge in [-0.25, -0.2) is 4.79 Å². The monoisotopic (exact) mass is 274 g/mol. The number of hydrogen-bond acceptors (Lipinski definition) is 5. The molecule has 1 heterocycles. The molecule has 1 aromatic rings. The number of nitrogens with zero attached hydrogens (tertiary/aromatic N) is 1. The quantitative estimate of drug-likeness (QED) is 0.499. The molecule has 1 N–H and O–H groups in total. The van der Waals surface area contributed by atoms with Gasteiger partial charge in [-0.15, -0.1) is 6.58 Å². The molecule has 0 saturated heterocycles. The predicted molar refractivity (Wildman–Crippen MR) is 76.7 cm³/mol. The Bertz CT molecular complexity index is 556. The van der Waals surface area contributed by atoms with Crippen molar-refractivity contribution in [3.63, 3.8) is 0 Å². The van der Waals surface area contributed by atoms with Crippen molar-refractivity contribution in [2.45, 2.75) is 12.6 Å². The van der Waals surface area contributed by atoms with Crippen molar-refractivity contribution >= 4 is 17.4 Å². The lowest BCUT2D eigenvalue weighted by Crippen LogP contribution is -2.65. The predicted octanol–water partition coefficient (Wildman–Crippen LogP) is 1.35. The Kier molecular flexibility index (Phi) is 3.90. The first-order chi connectivity index (χ1) is 9.59. The van der Waals surface area contributed by atoms with E-state index in [1.165, 1.54) is 0 Å². The molecule has 5 nitrogen and oxygen atoms in total. The molecule has 1 aromatic carbocycles. The fraction of sp³-hybridized carbons (Fsp3) is 0.333. The van der Waals surface area contributed by atoms with Crippen LogP contribution in [0.15, 0.2) is 36.9 Å². The molecule has 0 radical (unpaired) electrons. The molecule has 0 saturated carbocycles. The molecule has 1 aliphatic rings. The van der Waals surface area contributed by atoms with Crippen molar-refractivity contribution in [3.05, 3.63) is 42.5 Å². The zero-order valence-corrected chi connectivity index (χ0v) is 11.7. The molecule has 5 heteroatoms. The number of likely N-dealkylation sites (N-methyl/N-ethyl adjacent to an activating group) is 1. The fourth-order valence-electron chi connectivity index (χ4n) is 2.44. The molecule has 1 atom stereocenters. The summed E-state index contributed by atoms with van der Waals surface area (Å²) in [5, 5.41) is 2.96. The highest BCUT2D eigenvalue weighted by molar-refractivity contribution is 6.24. The molecule has 1 aliphatic heterocycles. The minimum absolute atomic E-state index is 0.216. The maximum Gasteiger partial charge on any atom is 0.355 e. The largest absolute Gasteiger partial charge is 0.463 e. The van der Waals surface area contributed by atoms with Crippen LogP contribution < -0.4 is 10.2 Å². The number of carbonyl (C=O) groups excluding carboxylic acids is 2. The molecule has 2 rings (SSSR count). The molecule has 0 amide bonds. The van der Waals surface area contributed by atoms with E-state index in [-0.39, 0.29) is 12.4 Å². The number of benzene rings is 1. The van der Waals surface area contributed by atoms with E-state index in [0.717, 1.165) is 0 Å². The van der Waals surface area contributed by atoms with Crippen LogP contribution in [-0.4, -0.2) is 37.6 Å². The molecule has 0 spiro atoms. The third kappa shape index (κ3) is 1.91. The molecule has 0 fully saturated rings. The van der Waals surface area contributed by atoms with Gasteiger partial charge in [0, 0.05) is 24.8 Å². The van der Waals surface area contributed by atoms with Gasteiger partial charge in [-0.3, -0.25) is 10.1 Å². The van der Waals surface area contributed by atoms with Crippen molar-refractivity contribution in [3.8, 4) is 0 Å². The Morgan fingerprint density at radius 3 is 2.80 bits per heavy atom. The Balaban J connectivity index is 2.50. The van der Waals surface area contributed by atoms with Crippen molar-refractivity contribution in [2.24, 2.45) is 0 Å². The van der Waals surface area contributed by atoms with Gasteiger partial charge >= 0.3 is 5.97 Å². The van der Waals surface area contributed by atoms with E-state index < -0.39 is 11.6 Å². The number of para-hydroxylation sites is 1. The van der Waals surface area contributed by atoms with E-state index in [1.54, 1.807) is 37.1 Å². The summed E-state index contributed by atoms with van der Waals surface area (Å²) in [6.07, 6.45) is 1.60. The number of nitrogens with one attached hydrogen (secondary N) is 1. The number of esters is 1. The number of rotatable bonds is 5. The van der Waals surface area contributed by atoms with Gasteiger partial charge in [0.05, 0.1) is 6.61 Å². The highest BCUT2D eigenvalue weighted by Gasteiger charge is 2.56. The first-order valence-electron chi connectivity index (χ1n) is 6.50. The highest BCUT2D eigenvalue weighted by Crippen LogP contribution is 2.36. The lowest BCUT2D eigenvalue weighted by molar-refractivity contribution is -0.148. The lowest BCUT2D eigenvalue weighted by Gasteiger charge is -2.34. The van der Waals surface area contributed by atoms with E-state index in [1.807, 2.05) is 12.1 Å². The van der Waals surface area contributed by atoms with Gasteiger partial charge in [0.2, 0.25) is 5.78 Å². The zero-order valence-electron chi connectivity index (χ0n) is 11.7. The van der Waals surface area contributed by atoms with Crippen LogP contribution in [-0.2, 0) is 9.53 Å². The zero-order chi connectivity index (χ0) is 14.8. The number of ketones is 1. The molecular formula is C15H18N2O3. The smallest absolute Gasteiger partial charge is 0.355 e. The Hall–Kier alpha value is -2.14. The van der Waals surface area contributed by atoms with E-state index in [0.29, 0.717) is 17.8 Å². The van der Waals surface area contributed by atoms with Crippen LogP contribution in [0.25, 0.3) is 0 Å². The van der Waals surface area contributed by atoms with Crippen molar-refractivity contribution in [1.29, 1.82) is 0 Å². The average Bonchev–Trinajstić information content (AvgIpc) is 2.68. The number of ether oxygens (including phenoxy) is 1. The average molecular weight is 274 g/mol. The summed E-state index contributed by atoms with van der Waals surface area (Å²) in [7, 11) is 1.71. The maximum atomic E-state index is 12.7. The van der Waals surface area contributed by atoms with E-state index in [9.17, 15) is 9.59 Å². The van der Waals surface area contributed by atoms with Crippen molar-refractivity contribution in [1.82, 2.24) is 5.32 Å². The highest BCUT2D eigenvalue weighted by atomic mass is 16.5. The Morgan fingerprint density at radius 1 is 1.50 bits per heavy atom. The van der Waals surface area contributed by atoms with Crippen LogP contribution in [0.4, 0.5) is 5.69 Å². The molecular weight excluding hydrogens is 256 g/mol. The summed E-state index contributed by atoms with van der Waals surface area (Å²) >= 11 is 0.